The summed E-state index contributed by atoms with van der Waals surface area (Å²) in [6, 6.07) is 12.1. The summed E-state index contributed by atoms with van der Waals surface area (Å²) in [4.78, 5) is 18.2. The molecule has 1 aliphatic rings. The van der Waals surface area contributed by atoms with E-state index in [1.54, 1.807) is 28.0 Å². The van der Waals surface area contributed by atoms with Gasteiger partial charge in [0, 0.05) is 6.54 Å². The Bertz CT molecular complexity index is 982. The molecule has 0 radical (unpaired) electrons. The molecule has 0 aliphatic carbocycles. The number of morpholine rings is 1. The largest absolute Gasteiger partial charge is 0.491 e. The van der Waals surface area contributed by atoms with Crippen LogP contribution in [0.15, 0.2) is 59.6 Å². The number of carbonyl (C=O) groups excluding carboxylic acids is 1. The van der Waals surface area contributed by atoms with E-state index >= 15 is 0 Å². The van der Waals surface area contributed by atoms with Gasteiger partial charge in [0.1, 0.15) is 36.9 Å². The van der Waals surface area contributed by atoms with Crippen molar-refractivity contribution in [3.05, 3.63) is 71.0 Å². The summed E-state index contributed by atoms with van der Waals surface area (Å²) >= 11 is 3.12. The van der Waals surface area contributed by atoms with Crippen LogP contribution in [0.4, 0.5) is 4.39 Å². The number of rotatable bonds is 5. The predicted octanol–water partition coefficient (Wildman–Crippen LogP) is 3.09. The summed E-state index contributed by atoms with van der Waals surface area (Å²) in [6.45, 7) is 1.41. The van der Waals surface area contributed by atoms with Gasteiger partial charge in [-0.2, -0.15) is 5.10 Å². The molecule has 1 saturated heterocycles. The molecule has 1 unspecified atom stereocenters. The van der Waals surface area contributed by atoms with Crippen LogP contribution in [0.1, 0.15) is 10.4 Å². The molecule has 1 atom stereocenters. The Labute approximate surface area is 175 Å². The van der Waals surface area contributed by atoms with Crippen molar-refractivity contribution < 1.29 is 18.7 Å². The number of nitrogens with zero attached hydrogens (tertiary/aromatic N) is 4. The third-order valence-corrected chi connectivity index (χ3v) is 5.18. The number of halogens is 2. The van der Waals surface area contributed by atoms with Crippen molar-refractivity contribution in [3.63, 3.8) is 0 Å². The van der Waals surface area contributed by atoms with Gasteiger partial charge in [-0.05, 0) is 52.3 Å². The van der Waals surface area contributed by atoms with E-state index in [2.05, 4.69) is 26.0 Å². The molecule has 4 rings (SSSR count). The first-order valence-electron chi connectivity index (χ1n) is 9.04. The summed E-state index contributed by atoms with van der Waals surface area (Å²) in [6.07, 6.45) is 2.79. The third kappa shape index (κ3) is 4.46. The van der Waals surface area contributed by atoms with Gasteiger partial charge in [-0.1, -0.05) is 6.07 Å². The highest BCUT2D eigenvalue weighted by atomic mass is 79.9. The normalized spacial score (nSPS) is 16.6. The number of benzene rings is 2. The minimum absolute atomic E-state index is 0.0460. The highest BCUT2D eigenvalue weighted by Crippen LogP contribution is 2.21. The van der Waals surface area contributed by atoms with Crippen molar-refractivity contribution in [2.75, 3.05) is 26.3 Å². The van der Waals surface area contributed by atoms with E-state index in [1.165, 1.54) is 12.4 Å². The number of carbonyl (C=O) groups is 1. The quantitative estimate of drug-likeness (QED) is 0.584. The summed E-state index contributed by atoms with van der Waals surface area (Å²) in [5, 5.41) is 4.07. The molecule has 9 heteroatoms. The zero-order valence-corrected chi connectivity index (χ0v) is 17.0. The summed E-state index contributed by atoms with van der Waals surface area (Å²) in [5.41, 5.74) is 0.918. The monoisotopic (exact) mass is 460 g/mol. The Morgan fingerprint density at radius 2 is 2.10 bits per heavy atom. The lowest BCUT2D eigenvalue weighted by Crippen LogP contribution is -2.47. The van der Waals surface area contributed by atoms with Crippen LogP contribution in [0.5, 0.6) is 5.75 Å². The molecule has 1 amide bonds. The Morgan fingerprint density at radius 1 is 1.28 bits per heavy atom. The molecule has 2 aromatic carbocycles. The number of ether oxygens (including phenoxy) is 2. The molecule has 150 valence electrons. The lowest BCUT2D eigenvalue weighted by atomic mass is 10.1. The minimum Gasteiger partial charge on any atom is -0.491 e. The van der Waals surface area contributed by atoms with Gasteiger partial charge in [0.05, 0.1) is 28.9 Å². The minimum atomic E-state index is -0.552. The average Bonchev–Trinajstić information content (AvgIpc) is 3.29. The first-order chi connectivity index (χ1) is 14.1. The molecule has 0 N–H and O–H groups in total. The Balaban J connectivity index is 1.35. The fourth-order valence-electron chi connectivity index (χ4n) is 3.07. The Hall–Kier alpha value is -2.78. The van der Waals surface area contributed by atoms with Crippen LogP contribution in [-0.4, -0.2) is 58.0 Å². The SMILES string of the molecule is O=C(c1cccc(Br)c1F)N1CCOC(COc2ccc(-n3cncn3)cc2)C1. The molecule has 0 bridgehead atoms. The topological polar surface area (TPSA) is 69.5 Å². The lowest BCUT2D eigenvalue weighted by molar-refractivity contribution is -0.0402. The molecule has 1 aliphatic heterocycles. The van der Waals surface area contributed by atoms with Crippen LogP contribution in [0.25, 0.3) is 5.69 Å². The molecule has 1 aromatic heterocycles. The molecule has 0 spiro atoms. The maximum Gasteiger partial charge on any atom is 0.257 e. The van der Waals surface area contributed by atoms with E-state index in [1.807, 2.05) is 24.3 Å². The van der Waals surface area contributed by atoms with E-state index < -0.39 is 5.82 Å². The van der Waals surface area contributed by atoms with Gasteiger partial charge in [0.15, 0.2) is 0 Å². The molecule has 29 heavy (non-hydrogen) atoms. The lowest BCUT2D eigenvalue weighted by Gasteiger charge is -2.33. The Morgan fingerprint density at radius 3 is 2.86 bits per heavy atom. The van der Waals surface area contributed by atoms with E-state index in [-0.39, 0.29) is 28.7 Å². The summed E-state index contributed by atoms with van der Waals surface area (Å²) in [7, 11) is 0. The van der Waals surface area contributed by atoms with Crippen LogP contribution < -0.4 is 4.74 Å². The molecular formula is C20H18BrFN4O3. The van der Waals surface area contributed by atoms with Gasteiger partial charge in [-0.25, -0.2) is 14.1 Å². The Kier molecular flexibility index (Phi) is 5.86. The fraction of sp³-hybridized carbons (Fsp3) is 0.250. The molecule has 2 heterocycles. The van der Waals surface area contributed by atoms with E-state index in [4.69, 9.17) is 9.47 Å². The number of hydrogen-bond acceptors (Lipinski definition) is 5. The first kappa shape index (κ1) is 19.5. The number of hydrogen-bond donors (Lipinski definition) is 0. The van der Waals surface area contributed by atoms with Crippen molar-refractivity contribution in [2.45, 2.75) is 6.10 Å². The van der Waals surface area contributed by atoms with Crippen molar-refractivity contribution in [1.29, 1.82) is 0 Å². The third-order valence-electron chi connectivity index (χ3n) is 4.56. The maximum absolute atomic E-state index is 14.2. The smallest absolute Gasteiger partial charge is 0.257 e. The van der Waals surface area contributed by atoms with Crippen LogP contribution in [0.3, 0.4) is 0 Å². The average molecular weight is 461 g/mol. The number of amides is 1. The molecule has 0 saturated carbocycles. The van der Waals surface area contributed by atoms with E-state index in [0.29, 0.717) is 25.4 Å². The molecule has 7 nitrogen and oxygen atoms in total. The predicted molar refractivity (Wildman–Crippen MR) is 107 cm³/mol. The highest BCUT2D eigenvalue weighted by Gasteiger charge is 2.27. The molecular weight excluding hydrogens is 443 g/mol. The van der Waals surface area contributed by atoms with Gasteiger partial charge in [-0.3, -0.25) is 4.79 Å². The van der Waals surface area contributed by atoms with Gasteiger partial charge in [-0.15, -0.1) is 0 Å². The highest BCUT2D eigenvalue weighted by molar-refractivity contribution is 9.10. The van der Waals surface area contributed by atoms with Crippen molar-refractivity contribution >= 4 is 21.8 Å². The van der Waals surface area contributed by atoms with Crippen molar-refractivity contribution in [2.24, 2.45) is 0 Å². The standard InChI is InChI=1S/C20H18BrFN4O3/c21-18-3-1-2-17(19(18)22)20(27)25-8-9-28-16(10-25)11-29-15-6-4-14(5-7-15)26-13-23-12-24-26/h1-7,12-13,16H,8-11H2. The van der Waals surface area contributed by atoms with Crippen molar-refractivity contribution in [3.8, 4) is 11.4 Å². The van der Waals surface area contributed by atoms with Crippen molar-refractivity contribution in [1.82, 2.24) is 19.7 Å². The first-order valence-corrected chi connectivity index (χ1v) is 9.84. The second-order valence-corrected chi connectivity index (χ2v) is 7.34. The zero-order valence-electron chi connectivity index (χ0n) is 15.4. The zero-order chi connectivity index (χ0) is 20.2. The van der Waals surface area contributed by atoms with Gasteiger partial charge in [0.25, 0.3) is 5.91 Å². The van der Waals surface area contributed by atoms with Crippen LogP contribution in [0, 0.1) is 5.82 Å². The van der Waals surface area contributed by atoms with Crippen LogP contribution in [-0.2, 0) is 4.74 Å². The van der Waals surface area contributed by atoms with E-state index in [9.17, 15) is 9.18 Å². The summed E-state index contributed by atoms with van der Waals surface area (Å²) < 4.78 is 27.7. The second kappa shape index (κ2) is 8.71. The van der Waals surface area contributed by atoms with Crippen LogP contribution in [0.2, 0.25) is 0 Å². The van der Waals surface area contributed by atoms with Gasteiger partial charge >= 0.3 is 0 Å². The van der Waals surface area contributed by atoms with E-state index in [0.717, 1.165) is 5.69 Å². The van der Waals surface area contributed by atoms with Gasteiger partial charge < -0.3 is 14.4 Å². The fourth-order valence-corrected chi connectivity index (χ4v) is 3.44. The number of aromatic nitrogens is 3. The maximum atomic E-state index is 14.2. The molecule has 3 aromatic rings. The van der Waals surface area contributed by atoms with Gasteiger partial charge in [0.2, 0.25) is 0 Å². The van der Waals surface area contributed by atoms with Crippen LogP contribution >= 0.6 is 15.9 Å². The molecule has 1 fully saturated rings. The second-order valence-electron chi connectivity index (χ2n) is 6.49. The summed E-state index contributed by atoms with van der Waals surface area (Å²) in [5.74, 6) is -0.225.